The maximum absolute atomic E-state index is 6.20. The van der Waals surface area contributed by atoms with Crippen LogP contribution in [0.5, 0.6) is 0 Å². The maximum atomic E-state index is 6.20. The van der Waals surface area contributed by atoms with Crippen molar-refractivity contribution in [3.8, 4) is 11.3 Å². The van der Waals surface area contributed by atoms with E-state index >= 15 is 0 Å². The van der Waals surface area contributed by atoms with Crippen molar-refractivity contribution in [3.63, 3.8) is 0 Å². The molecule has 2 fully saturated rings. The zero-order chi connectivity index (χ0) is 18.3. The lowest BCUT2D eigenvalue weighted by Crippen LogP contribution is -2.54. The van der Waals surface area contributed by atoms with Gasteiger partial charge in [0.1, 0.15) is 0 Å². The van der Waals surface area contributed by atoms with E-state index in [-0.39, 0.29) is 5.60 Å². The van der Waals surface area contributed by atoms with E-state index in [9.17, 15) is 0 Å². The summed E-state index contributed by atoms with van der Waals surface area (Å²) < 4.78 is 14.0. The summed E-state index contributed by atoms with van der Waals surface area (Å²) in [5, 5.41) is 2.84. The number of morpholine rings is 1. The molecule has 5 nitrogen and oxygen atoms in total. The number of hydrogen-bond donors (Lipinski definition) is 0. The molecule has 1 spiro atoms. The van der Waals surface area contributed by atoms with Gasteiger partial charge in [0.15, 0.2) is 4.96 Å². The Morgan fingerprint density at radius 1 is 1.15 bits per heavy atom. The van der Waals surface area contributed by atoms with Gasteiger partial charge in [0.2, 0.25) is 0 Å². The summed E-state index contributed by atoms with van der Waals surface area (Å²) >= 11 is 7.75. The van der Waals surface area contributed by atoms with Crippen LogP contribution in [-0.4, -0.2) is 52.8 Å². The highest BCUT2D eigenvalue weighted by Crippen LogP contribution is 2.32. The molecule has 0 aliphatic carbocycles. The van der Waals surface area contributed by atoms with Gasteiger partial charge in [-0.05, 0) is 12.1 Å². The fourth-order valence-corrected chi connectivity index (χ4v) is 5.00. The van der Waals surface area contributed by atoms with Crippen LogP contribution in [0.15, 0.2) is 35.8 Å². The van der Waals surface area contributed by atoms with Crippen LogP contribution in [0.3, 0.4) is 0 Å². The van der Waals surface area contributed by atoms with Gasteiger partial charge in [0.25, 0.3) is 0 Å². The Bertz CT molecular complexity index is 925. The molecule has 0 saturated carbocycles. The first-order valence-corrected chi connectivity index (χ1v) is 10.6. The Balaban J connectivity index is 1.46. The normalized spacial score (nSPS) is 20.5. The zero-order valence-electron chi connectivity index (χ0n) is 15.1. The number of halogens is 1. The zero-order valence-corrected chi connectivity index (χ0v) is 16.6. The number of thiazole rings is 1. The van der Waals surface area contributed by atoms with Gasteiger partial charge in [-0.1, -0.05) is 23.7 Å². The second-order valence-electron chi connectivity index (χ2n) is 7.32. The number of imidazole rings is 1. The highest BCUT2D eigenvalue weighted by Gasteiger charge is 2.38. The summed E-state index contributed by atoms with van der Waals surface area (Å²) in [6.45, 7) is 5.13. The fraction of sp³-hybridized carbons (Fsp3) is 0.450. The van der Waals surface area contributed by atoms with Crippen LogP contribution in [0, 0.1) is 0 Å². The van der Waals surface area contributed by atoms with Crippen molar-refractivity contribution in [1.82, 2.24) is 14.3 Å². The molecule has 27 heavy (non-hydrogen) atoms. The number of fused-ring (bicyclic) bond motifs is 1. The Morgan fingerprint density at radius 3 is 2.78 bits per heavy atom. The first kappa shape index (κ1) is 17.6. The molecule has 0 atom stereocenters. The van der Waals surface area contributed by atoms with E-state index in [2.05, 4.69) is 33.0 Å². The number of rotatable bonds is 3. The number of benzene rings is 1. The third-order valence-electron chi connectivity index (χ3n) is 5.58. The van der Waals surface area contributed by atoms with Crippen LogP contribution in [0.2, 0.25) is 5.02 Å². The SMILES string of the molecule is Clc1ccc(-c2nc3sccn3c2CN2CCOC3(CCOCC3)C2)cc1. The van der Waals surface area contributed by atoms with Crippen LogP contribution in [-0.2, 0) is 16.0 Å². The lowest BCUT2D eigenvalue weighted by atomic mass is 9.92. The van der Waals surface area contributed by atoms with E-state index in [0.717, 1.165) is 73.5 Å². The number of hydrogen-bond acceptors (Lipinski definition) is 5. The molecule has 2 saturated heterocycles. The summed E-state index contributed by atoms with van der Waals surface area (Å²) in [7, 11) is 0. The summed E-state index contributed by atoms with van der Waals surface area (Å²) in [4.78, 5) is 8.44. The Labute approximate surface area is 167 Å². The number of ether oxygens (including phenoxy) is 2. The van der Waals surface area contributed by atoms with E-state index in [1.54, 1.807) is 11.3 Å². The van der Waals surface area contributed by atoms with Gasteiger partial charge < -0.3 is 9.47 Å². The van der Waals surface area contributed by atoms with E-state index in [1.807, 2.05) is 12.1 Å². The molecule has 2 aliphatic heterocycles. The standard InChI is InChI=1S/C20H22ClN3O2S/c21-16-3-1-15(2-4-16)18-17(24-8-12-27-19(24)22-18)13-23-7-11-26-20(14-23)5-9-25-10-6-20/h1-4,8,12H,5-7,9-11,13-14H2. The Kier molecular flexibility index (Phi) is 4.70. The van der Waals surface area contributed by atoms with Crippen LogP contribution in [0.25, 0.3) is 16.2 Å². The monoisotopic (exact) mass is 403 g/mol. The van der Waals surface area contributed by atoms with Crippen LogP contribution >= 0.6 is 22.9 Å². The molecular weight excluding hydrogens is 382 g/mol. The largest absolute Gasteiger partial charge is 0.381 e. The molecule has 0 unspecified atom stereocenters. The van der Waals surface area contributed by atoms with Crippen molar-refractivity contribution < 1.29 is 9.47 Å². The summed E-state index contributed by atoms with van der Waals surface area (Å²) in [6, 6.07) is 7.97. The second kappa shape index (κ2) is 7.18. The van der Waals surface area contributed by atoms with Gasteiger partial charge in [-0.2, -0.15) is 0 Å². The maximum Gasteiger partial charge on any atom is 0.194 e. The van der Waals surface area contributed by atoms with E-state index in [4.69, 9.17) is 26.1 Å². The molecule has 2 aliphatic rings. The summed E-state index contributed by atoms with van der Waals surface area (Å²) in [6.07, 6.45) is 4.08. The molecule has 0 bridgehead atoms. The van der Waals surface area contributed by atoms with Crippen molar-refractivity contribution in [2.45, 2.75) is 25.0 Å². The summed E-state index contributed by atoms with van der Waals surface area (Å²) in [5.74, 6) is 0. The second-order valence-corrected chi connectivity index (χ2v) is 8.63. The molecular formula is C20H22ClN3O2S. The van der Waals surface area contributed by atoms with Crippen molar-refractivity contribution in [3.05, 3.63) is 46.6 Å². The van der Waals surface area contributed by atoms with Crippen molar-refractivity contribution in [2.24, 2.45) is 0 Å². The van der Waals surface area contributed by atoms with Crippen molar-refractivity contribution in [2.75, 3.05) is 32.9 Å². The highest BCUT2D eigenvalue weighted by atomic mass is 35.5. The minimum absolute atomic E-state index is 0.0462. The molecule has 0 radical (unpaired) electrons. The fourth-order valence-electron chi connectivity index (χ4n) is 4.14. The number of aromatic nitrogens is 2. The Hall–Kier alpha value is -1.44. The molecule has 5 rings (SSSR count). The van der Waals surface area contributed by atoms with Crippen molar-refractivity contribution in [1.29, 1.82) is 0 Å². The van der Waals surface area contributed by atoms with Gasteiger partial charge >= 0.3 is 0 Å². The van der Waals surface area contributed by atoms with E-state index < -0.39 is 0 Å². The third-order valence-corrected chi connectivity index (χ3v) is 6.59. The minimum atomic E-state index is -0.0462. The van der Waals surface area contributed by atoms with E-state index in [1.165, 1.54) is 5.69 Å². The predicted molar refractivity (Wildman–Crippen MR) is 108 cm³/mol. The molecule has 2 aromatic heterocycles. The van der Waals surface area contributed by atoms with E-state index in [0.29, 0.717) is 0 Å². The Morgan fingerprint density at radius 2 is 1.96 bits per heavy atom. The first-order valence-electron chi connectivity index (χ1n) is 9.37. The lowest BCUT2D eigenvalue weighted by molar-refractivity contribution is -0.155. The summed E-state index contributed by atoms with van der Waals surface area (Å²) in [5.41, 5.74) is 3.35. The van der Waals surface area contributed by atoms with Gasteiger partial charge in [0, 0.05) is 67.9 Å². The van der Waals surface area contributed by atoms with Gasteiger partial charge in [-0.25, -0.2) is 4.98 Å². The van der Waals surface area contributed by atoms with Gasteiger partial charge in [0.05, 0.1) is 23.6 Å². The quantitative estimate of drug-likeness (QED) is 0.660. The molecule has 0 N–H and O–H groups in total. The highest BCUT2D eigenvalue weighted by molar-refractivity contribution is 7.15. The third kappa shape index (κ3) is 3.41. The average Bonchev–Trinajstić information content (AvgIpc) is 3.26. The topological polar surface area (TPSA) is 39.0 Å². The molecule has 0 amide bonds. The van der Waals surface area contributed by atoms with Crippen LogP contribution < -0.4 is 0 Å². The lowest BCUT2D eigenvalue weighted by Gasteiger charge is -2.44. The van der Waals surface area contributed by atoms with Gasteiger partial charge in [-0.3, -0.25) is 9.30 Å². The smallest absolute Gasteiger partial charge is 0.194 e. The molecule has 3 aromatic rings. The molecule has 7 heteroatoms. The molecule has 1 aromatic carbocycles. The van der Waals surface area contributed by atoms with Crippen LogP contribution in [0.4, 0.5) is 0 Å². The molecule has 142 valence electrons. The number of nitrogens with zero attached hydrogens (tertiary/aromatic N) is 3. The van der Waals surface area contributed by atoms with Crippen molar-refractivity contribution >= 4 is 27.9 Å². The molecule has 4 heterocycles. The minimum Gasteiger partial charge on any atom is -0.381 e. The first-order chi connectivity index (χ1) is 13.2. The average molecular weight is 404 g/mol. The van der Waals surface area contributed by atoms with Crippen LogP contribution in [0.1, 0.15) is 18.5 Å². The van der Waals surface area contributed by atoms with Gasteiger partial charge in [-0.15, -0.1) is 11.3 Å². The predicted octanol–water partition coefficient (Wildman–Crippen LogP) is 4.10.